The summed E-state index contributed by atoms with van der Waals surface area (Å²) in [5.74, 6) is 0. The van der Waals surface area contributed by atoms with Gasteiger partial charge in [0.15, 0.2) is 0 Å². The maximum atomic E-state index is 3.66. The van der Waals surface area contributed by atoms with E-state index in [1.807, 2.05) is 11.3 Å². The molecule has 0 aliphatic heterocycles. The molecular formula is C10H16Br2SZn. The minimum absolute atomic E-state index is 0. The Bertz CT molecular complexity index is 238. The fourth-order valence-electron chi connectivity index (χ4n) is 1.38. The molecule has 0 nitrogen and oxygen atoms in total. The average Bonchev–Trinajstić information content (AvgIpc) is 2.60. The van der Waals surface area contributed by atoms with E-state index in [1.165, 1.54) is 32.1 Å². The summed E-state index contributed by atoms with van der Waals surface area (Å²) in [7, 11) is 0. The molecule has 0 saturated heterocycles. The van der Waals surface area contributed by atoms with Gasteiger partial charge in [-0.15, -0.1) is 17.0 Å². The molecule has 0 aliphatic carbocycles. The van der Waals surface area contributed by atoms with Crippen molar-refractivity contribution in [2.45, 2.75) is 39.0 Å². The fraction of sp³-hybridized carbons (Fsp3) is 0.600. The van der Waals surface area contributed by atoms with E-state index < -0.39 is 15.2 Å². The summed E-state index contributed by atoms with van der Waals surface area (Å²) in [4.78, 5) is 0. The van der Waals surface area contributed by atoms with Gasteiger partial charge in [0.1, 0.15) is 0 Å². The minimum atomic E-state index is -0.473. The van der Waals surface area contributed by atoms with Crippen LogP contribution in [0.1, 0.15) is 38.2 Å². The summed E-state index contributed by atoms with van der Waals surface area (Å²) >= 11 is 5.14. The summed E-state index contributed by atoms with van der Waals surface area (Å²) in [6.45, 7) is 2.26. The SMILES string of the molecule is Br.CCCCCCc1cs[c]([Zn][Br])c1. The van der Waals surface area contributed by atoms with Crippen LogP contribution in [0.25, 0.3) is 0 Å². The fourth-order valence-corrected chi connectivity index (χ4v) is 6.69. The number of hydrogen-bond donors (Lipinski definition) is 0. The van der Waals surface area contributed by atoms with E-state index >= 15 is 0 Å². The van der Waals surface area contributed by atoms with Gasteiger partial charge in [0, 0.05) is 0 Å². The van der Waals surface area contributed by atoms with Crippen molar-refractivity contribution in [3.8, 4) is 0 Å². The molecule has 0 saturated carbocycles. The Morgan fingerprint density at radius 2 is 2.14 bits per heavy atom. The summed E-state index contributed by atoms with van der Waals surface area (Å²) in [6, 6.07) is 2.41. The Balaban J connectivity index is 0.00000169. The van der Waals surface area contributed by atoms with Crippen molar-refractivity contribution < 1.29 is 15.2 Å². The van der Waals surface area contributed by atoms with Crippen molar-refractivity contribution in [1.82, 2.24) is 0 Å². The third-order valence-corrected chi connectivity index (χ3v) is 10.8. The van der Waals surface area contributed by atoms with E-state index in [0.717, 1.165) is 0 Å². The molecule has 0 amide bonds. The van der Waals surface area contributed by atoms with Crippen molar-refractivity contribution in [1.29, 1.82) is 0 Å². The monoisotopic (exact) mass is 390 g/mol. The molecule has 0 N–H and O–H groups in total. The average molecular weight is 394 g/mol. The molecule has 1 aromatic rings. The number of rotatable bonds is 6. The zero-order chi connectivity index (χ0) is 9.52. The van der Waals surface area contributed by atoms with Crippen molar-refractivity contribution in [2.75, 3.05) is 0 Å². The second-order valence-corrected chi connectivity index (χ2v) is 10.5. The van der Waals surface area contributed by atoms with Crippen molar-refractivity contribution >= 4 is 45.4 Å². The van der Waals surface area contributed by atoms with Crippen molar-refractivity contribution in [2.24, 2.45) is 0 Å². The van der Waals surface area contributed by atoms with E-state index in [9.17, 15) is 0 Å². The van der Waals surface area contributed by atoms with Gasteiger partial charge in [0.05, 0.1) is 0 Å². The number of halogens is 2. The molecule has 1 aromatic heterocycles. The molecule has 1 rings (SSSR count). The molecule has 0 aromatic carbocycles. The van der Waals surface area contributed by atoms with Crippen LogP contribution >= 0.6 is 41.9 Å². The third-order valence-electron chi connectivity index (χ3n) is 2.16. The van der Waals surface area contributed by atoms with E-state index in [0.29, 0.717) is 0 Å². The summed E-state index contributed by atoms with van der Waals surface area (Å²) in [5, 5.41) is 2.34. The molecule has 14 heavy (non-hydrogen) atoms. The van der Waals surface area contributed by atoms with Gasteiger partial charge in [0.25, 0.3) is 0 Å². The third kappa shape index (κ3) is 6.00. The molecule has 0 bridgehead atoms. The number of thiophene rings is 1. The Morgan fingerprint density at radius 3 is 2.71 bits per heavy atom. The molecule has 0 spiro atoms. The van der Waals surface area contributed by atoms with Gasteiger partial charge in [-0.05, 0) is 0 Å². The van der Waals surface area contributed by atoms with Crippen LogP contribution < -0.4 is 3.47 Å². The van der Waals surface area contributed by atoms with Crippen LogP contribution in [0.2, 0.25) is 0 Å². The van der Waals surface area contributed by atoms with E-state index in [1.54, 1.807) is 9.03 Å². The second-order valence-electron chi connectivity index (χ2n) is 3.37. The predicted octanol–water partition coefficient (Wildman–Crippen LogP) is 4.47. The first-order chi connectivity index (χ1) is 6.36. The first-order valence-electron chi connectivity index (χ1n) is 4.99. The molecule has 4 heteroatoms. The Hall–Kier alpha value is 1.28. The first-order valence-corrected chi connectivity index (χ1v) is 14.3. The Labute approximate surface area is 116 Å². The standard InChI is InChI=1S/C10H15S.2BrH.Zn/c1-2-3-4-5-6-10-7-8-11-9-10;;;/h7,9H,2-6H2,1H3;2*1H;/q;;;+1/p-1. The zero-order valence-corrected chi connectivity index (χ0v) is 15.7. The molecule has 0 aliphatic rings. The van der Waals surface area contributed by atoms with Crippen LogP contribution in [0, 0.1) is 0 Å². The van der Waals surface area contributed by atoms with Gasteiger partial charge >= 0.3 is 99.6 Å². The number of hydrogen-bond acceptors (Lipinski definition) is 1. The summed E-state index contributed by atoms with van der Waals surface area (Å²) < 4.78 is 1.64. The molecule has 0 radical (unpaired) electrons. The maximum absolute atomic E-state index is 3.66. The van der Waals surface area contributed by atoms with Gasteiger partial charge < -0.3 is 0 Å². The van der Waals surface area contributed by atoms with Gasteiger partial charge in [-0.1, -0.05) is 0 Å². The molecule has 0 fully saturated rings. The predicted molar refractivity (Wildman–Crippen MR) is 71.0 cm³/mol. The molecular weight excluding hydrogens is 377 g/mol. The van der Waals surface area contributed by atoms with E-state index in [4.69, 9.17) is 0 Å². The first kappa shape index (κ1) is 15.3. The molecule has 78 valence electrons. The van der Waals surface area contributed by atoms with Gasteiger partial charge in [0.2, 0.25) is 0 Å². The van der Waals surface area contributed by atoms with Crippen LogP contribution in [0.4, 0.5) is 0 Å². The normalized spacial score (nSPS) is 9.29. The van der Waals surface area contributed by atoms with Gasteiger partial charge in [-0.3, -0.25) is 0 Å². The zero-order valence-electron chi connectivity index (χ0n) is 8.59. The van der Waals surface area contributed by atoms with Crippen LogP contribution in [0.5, 0.6) is 0 Å². The van der Waals surface area contributed by atoms with Crippen LogP contribution in [0.15, 0.2) is 11.4 Å². The molecule has 0 atom stereocenters. The van der Waals surface area contributed by atoms with Crippen LogP contribution in [-0.2, 0) is 21.6 Å². The van der Waals surface area contributed by atoms with Crippen molar-refractivity contribution in [3.63, 3.8) is 0 Å². The molecule has 1 heterocycles. The Morgan fingerprint density at radius 1 is 1.36 bits per heavy atom. The van der Waals surface area contributed by atoms with Gasteiger partial charge in [-0.2, -0.15) is 0 Å². The quantitative estimate of drug-likeness (QED) is 0.494. The number of unbranched alkanes of at least 4 members (excludes halogenated alkanes) is 3. The second kappa shape index (κ2) is 9.51. The van der Waals surface area contributed by atoms with E-state index in [2.05, 4.69) is 32.0 Å². The van der Waals surface area contributed by atoms with Crippen LogP contribution in [-0.4, -0.2) is 0 Å². The topological polar surface area (TPSA) is 0 Å². The van der Waals surface area contributed by atoms with Gasteiger partial charge in [-0.25, -0.2) is 0 Å². The Kier molecular flexibility index (Phi) is 10.4. The van der Waals surface area contributed by atoms with E-state index in [-0.39, 0.29) is 17.0 Å². The van der Waals surface area contributed by atoms with Crippen molar-refractivity contribution in [3.05, 3.63) is 17.0 Å². The molecule has 0 unspecified atom stereocenters. The number of aryl methyl sites for hydroxylation is 1. The summed E-state index contributed by atoms with van der Waals surface area (Å²) in [5.41, 5.74) is 1.57. The van der Waals surface area contributed by atoms with Crippen LogP contribution in [0.3, 0.4) is 0 Å². The summed E-state index contributed by atoms with van der Waals surface area (Å²) in [6.07, 6.45) is 6.81.